The topological polar surface area (TPSA) is 190 Å². The van der Waals surface area contributed by atoms with E-state index in [0.29, 0.717) is 0 Å². The summed E-state index contributed by atoms with van der Waals surface area (Å²) in [5.41, 5.74) is 0. The van der Waals surface area contributed by atoms with Crippen LogP contribution < -0.4 is 0 Å². The van der Waals surface area contributed by atoms with Crippen molar-refractivity contribution in [2.24, 2.45) is 0 Å². The number of aliphatic hydroxyl groups excluding tert-OH is 8. The lowest BCUT2D eigenvalue weighted by molar-refractivity contribution is -0.325. The van der Waals surface area contributed by atoms with Gasteiger partial charge >= 0.3 is 0 Å². The Morgan fingerprint density at radius 1 is 0.652 bits per heavy atom. The van der Waals surface area contributed by atoms with Gasteiger partial charge in [-0.25, -0.2) is 0 Å². The van der Waals surface area contributed by atoms with E-state index in [0.717, 1.165) is 0 Å². The zero-order valence-electron chi connectivity index (χ0n) is 12.0. The molecular weight excluding hydrogens is 320 g/mol. The van der Waals surface area contributed by atoms with E-state index in [1.54, 1.807) is 0 Å². The second-order valence-corrected chi connectivity index (χ2v) is 5.57. The molecule has 0 saturated carbocycles. The van der Waals surface area contributed by atoms with Gasteiger partial charge in [-0.2, -0.15) is 0 Å². The number of ether oxygens (including phenoxy) is 3. The van der Waals surface area contributed by atoms with Crippen LogP contribution in [0.3, 0.4) is 0 Å². The molecule has 8 N–H and O–H groups in total. The van der Waals surface area contributed by atoms with Crippen molar-refractivity contribution in [2.75, 3.05) is 13.2 Å². The minimum atomic E-state index is -1.74. The molecule has 2 rings (SSSR count). The second kappa shape index (κ2) is 7.63. The Labute approximate surface area is 130 Å². The van der Waals surface area contributed by atoms with Gasteiger partial charge in [-0.05, 0) is 0 Å². The summed E-state index contributed by atoms with van der Waals surface area (Å²) in [5, 5.41) is 76.1. The second-order valence-electron chi connectivity index (χ2n) is 5.57. The summed E-state index contributed by atoms with van der Waals surface area (Å²) in [7, 11) is 0. The van der Waals surface area contributed by atoms with E-state index < -0.39 is 74.6 Å². The molecule has 0 bridgehead atoms. The van der Waals surface area contributed by atoms with Crippen LogP contribution >= 0.6 is 0 Å². The Hall–Kier alpha value is -0.440. The van der Waals surface area contributed by atoms with Gasteiger partial charge in [0.1, 0.15) is 48.8 Å². The summed E-state index contributed by atoms with van der Waals surface area (Å²) in [6, 6.07) is 0. The molecule has 0 spiro atoms. The average molecular weight is 342 g/mol. The minimum absolute atomic E-state index is 0.468. The molecule has 136 valence electrons. The van der Waals surface area contributed by atoms with Gasteiger partial charge in [-0.1, -0.05) is 0 Å². The highest BCUT2D eigenvalue weighted by Gasteiger charge is 2.46. The van der Waals surface area contributed by atoms with Gasteiger partial charge < -0.3 is 55.1 Å². The molecule has 11 nitrogen and oxygen atoms in total. The maximum atomic E-state index is 9.78. The quantitative estimate of drug-likeness (QED) is 0.243. The molecule has 2 saturated heterocycles. The highest BCUT2D eigenvalue weighted by molar-refractivity contribution is 4.91. The Morgan fingerprint density at radius 3 is 1.83 bits per heavy atom. The third kappa shape index (κ3) is 3.81. The number of hydrogen-bond donors (Lipinski definition) is 8. The van der Waals surface area contributed by atoms with Gasteiger partial charge in [-0.15, -0.1) is 0 Å². The molecule has 0 aromatic carbocycles. The molecule has 23 heavy (non-hydrogen) atoms. The SMILES string of the molecule is OC[C@H]1O[C@@H](OC[C@H]2OC(O)[C@@H](O)[C@@H](O)[C@@H]2O)[C@@H](O)[C@@H](O)[C@@H]1O. The van der Waals surface area contributed by atoms with Crippen LogP contribution in [0.15, 0.2) is 0 Å². The van der Waals surface area contributed by atoms with Crippen molar-refractivity contribution < 1.29 is 55.1 Å². The monoisotopic (exact) mass is 342 g/mol. The lowest BCUT2D eigenvalue weighted by Crippen LogP contribution is -2.61. The first kappa shape index (κ1) is 18.9. The predicted octanol–water partition coefficient (Wildman–Crippen LogP) is -5.40. The van der Waals surface area contributed by atoms with Crippen LogP contribution in [-0.4, -0.2) is 115 Å². The van der Waals surface area contributed by atoms with Crippen molar-refractivity contribution in [3.8, 4) is 0 Å². The molecule has 1 unspecified atom stereocenters. The van der Waals surface area contributed by atoms with Crippen LogP contribution in [0.2, 0.25) is 0 Å². The molecule has 0 radical (unpaired) electrons. The van der Waals surface area contributed by atoms with Crippen molar-refractivity contribution in [3.63, 3.8) is 0 Å². The molecule has 2 heterocycles. The Balaban J connectivity index is 1.94. The lowest BCUT2D eigenvalue weighted by Gasteiger charge is -2.41. The summed E-state index contributed by atoms with van der Waals surface area (Å²) in [6.07, 6.45) is -15.3. The van der Waals surface area contributed by atoms with Gasteiger partial charge in [0.2, 0.25) is 0 Å². The van der Waals surface area contributed by atoms with E-state index >= 15 is 0 Å². The smallest absolute Gasteiger partial charge is 0.186 e. The maximum absolute atomic E-state index is 9.78. The molecule has 0 aromatic rings. The third-order valence-electron chi connectivity index (χ3n) is 3.96. The average Bonchev–Trinajstić information content (AvgIpc) is 2.54. The molecule has 0 aliphatic carbocycles. The molecule has 0 aromatic heterocycles. The molecule has 2 aliphatic heterocycles. The third-order valence-corrected chi connectivity index (χ3v) is 3.96. The fourth-order valence-electron chi connectivity index (χ4n) is 2.46. The summed E-state index contributed by atoms with van der Waals surface area (Å²) in [6.45, 7) is -1.10. The Morgan fingerprint density at radius 2 is 1.22 bits per heavy atom. The summed E-state index contributed by atoms with van der Waals surface area (Å²) < 4.78 is 15.1. The van der Waals surface area contributed by atoms with Gasteiger partial charge in [0.15, 0.2) is 12.6 Å². The van der Waals surface area contributed by atoms with Crippen LogP contribution in [0.5, 0.6) is 0 Å². The molecule has 0 amide bonds. The first-order valence-electron chi connectivity index (χ1n) is 7.07. The van der Waals surface area contributed by atoms with Crippen molar-refractivity contribution in [1.82, 2.24) is 0 Å². The molecule has 11 heteroatoms. The predicted molar refractivity (Wildman–Crippen MR) is 68.6 cm³/mol. The van der Waals surface area contributed by atoms with Crippen LogP contribution in [-0.2, 0) is 14.2 Å². The Bertz CT molecular complexity index is 380. The number of hydrogen-bond acceptors (Lipinski definition) is 11. The van der Waals surface area contributed by atoms with E-state index in [1.165, 1.54) is 0 Å². The minimum Gasteiger partial charge on any atom is -0.394 e. The zero-order chi connectivity index (χ0) is 17.3. The van der Waals surface area contributed by atoms with Crippen LogP contribution in [0.4, 0.5) is 0 Å². The highest BCUT2D eigenvalue weighted by atomic mass is 16.7. The lowest BCUT2D eigenvalue weighted by atomic mass is 9.98. The first-order chi connectivity index (χ1) is 10.8. The van der Waals surface area contributed by atoms with Gasteiger partial charge in [-0.3, -0.25) is 0 Å². The fourth-order valence-corrected chi connectivity index (χ4v) is 2.46. The van der Waals surface area contributed by atoms with Gasteiger partial charge in [0, 0.05) is 0 Å². The zero-order valence-corrected chi connectivity index (χ0v) is 12.0. The fraction of sp³-hybridized carbons (Fsp3) is 1.00. The van der Waals surface area contributed by atoms with Crippen molar-refractivity contribution >= 4 is 0 Å². The molecule has 2 fully saturated rings. The van der Waals surface area contributed by atoms with E-state index in [9.17, 15) is 35.7 Å². The van der Waals surface area contributed by atoms with Crippen molar-refractivity contribution in [1.29, 1.82) is 0 Å². The standard InChI is InChI=1S/C12H22O11/c13-1-3-5(14)8(17)10(19)12(23-3)21-2-4-6(15)7(16)9(18)11(20)22-4/h3-20H,1-2H2/t3-,4-,5-,6-,7+,8+,9+,10+,11?,12-/m1/s1. The first-order valence-corrected chi connectivity index (χ1v) is 7.07. The summed E-state index contributed by atoms with van der Waals surface area (Å²) in [4.78, 5) is 0. The summed E-state index contributed by atoms with van der Waals surface area (Å²) >= 11 is 0. The molecule has 10 atom stereocenters. The van der Waals surface area contributed by atoms with Crippen LogP contribution in [0.1, 0.15) is 0 Å². The van der Waals surface area contributed by atoms with Gasteiger partial charge in [0.25, 0.3) is 0 Å². The summed E-state index contributed by atoms with van der Waals surface area (Å²) in [5.74, 6) is 0. The number of aliphatic hydroxyl groups is 8. The van der Waals surface area contributed by atoms with Crippen molar-refractivity contribution in [2.45, 2.75) is 61.4 Å². The maximum Gasteiger partial charge on any atom is 0.186 e. The number of rotatable bonds is 4. The van der Waals surface area contributed by atoms with Crippen LogP contribution in [0.25, 0.3) is 0 Å². The van der Waals surface area contributed by atoms with E-state index in [1.807, 2.05) is 0 Å². The highest BCUT2D eigenvalue weighted by Crippen LogP contribution is 2.24. The largest absolute Gasteiger partial charge is 0.394 e. The molecule has 2 aliphatic rings. The van der Waals surface area contributed by atoms with Crippen molar-refractivity contribution in [3.05, 3.63) is 0 Å². The van der Waals surface area contributed by atoms with E-state index in [-0.39, 0.29) is 0 Å². The normalized spacial score (nSPS) is 51.7. The van der Waals surface area contributed by atoms with E-state index in [4.69, 9.17) is 19.3 Å². The van der Waals surface area contributed by atoms with Gasteiger partial charge in [0.05, 0.1) is 13.2 Å². The van der Waals surface area contributed by atoms with Crippen LogP contribution in [0, 0.1) is 0 Å². The van der Waals surface area contributed by atoms with E-state index in [2.05, 4.69) is 0 Å². The Kier molecular flexibility index (Phi) is 6.27. The molecular formula is C12H22O11.